The number of methoxy groups -OCH3 is 2. The van der Waals surface area contributed by atoms with Crippen molar-refractivity contribution in [3.8, 4) is 5.75 Å². The third kappa shape index (κ3) is 15.0. The van der Waals surface area contributed by atoms with E-state index in [1.54, 1.807) is 38.1 Å². The van der Waals surface area contributed by atoms with Gasteiger partial charge in [-0.2, -0.15) is 0 Å². The second-order valence-corrected chi connectivity index (χ2v) is 21.0. The first-order valence-corrected chi connectivity index (χ1v) is 26.7. The summed E-state index contributed by atoms with van der Waals surface area (Å²) in [6.45, 7) is 7.16. The Kier molecular flexibility index (Phi) is 21.3. The normalized spacial score (nSPS) is 24.3. The molecule has 4 heterocycles. The minimum absolute atomic E-state index is 0.00166. The Morgan fingerprint density at radius 1 is 0.988 bits per heavy atom. The molecule has 80 heavy (non-hydrogen) atoms. The standard InChI is InChI=1S/C55H76ClN9O15/c1-31-14-13-17-41(77-10)55(75)29-40(78-53(74)61-55)32(2)49-54(4,80-49)42(28-45(68)64(8)38-25-34(24-31)26-39(76-9)46(38)56)79-52(73)33(3)63(7)44(67)18-20-59-50(71)47(69)48(70)51(72)60-22-21-58-43(66)19-23-65-36(30-62(6)57-5)27-35-15-11-12-16-37(35)65/h11-17,25-27,32-33,40-42,47-49,57,69-70,75H,18-24,28-30H2,1-10H3,(H,58,66)(H,59,71)(H,60,72)(H,61,74). The molecule has 438 valence electrons. The average molecular weight is 1140 g/mol. The number of amides is 6. The number of likely N-dealkylation sites (N-methyl/N-ethyl adjacent to an activating group) is 1. The molecule has 3 aliphatic heterocycles. The number of rotatable bonds is 20. The molecular formula is C55H76ClN9O15. The number of alkyl carbamates (subject to hydrolysis) is 1. The lowest BCUT2D eigenvalue weighted by atomic mass is 9.83. The van der Waals surface area contributed by atoms with Crippen molar-refractivity contribution in [2.45, 2.75) is 127 Å². The quantitative estimate of drug-likeness (QED) is 0.0345. The second-order valence-electron chi connectivity index (χ2n) is 20.7. The highest BCUT2D eigenvalue weighted by Crippen LogP contribution is 2.49. The van der Waals surface area contributed by atoms with Gasteiger partial charge in [-0.15, -0.1) is 0 Å². The van der Waals surface area contributed by atoms with Gasteiger partial charge in [-0.1, -0.05) is 60.5 Å². The first-order valence-electron chi connectivity index (χ1n) is 26.3. The predicted octanol–water partition coefficient (Wildman–Crippen LogP) is 1.59. The number of halogens is 1. The Balaban J connectivity index is 1.04. The van der Waals surface area contributed by atoms with Crippen LogP contribution >= 0.6 is 11.6 Å². The minimum Gasteiger partial charge on any atom is -0.495 e. The zero-order valence-electron chi connectivity index (χ0n) is 46.9. The van der Waals surface area contributed by atoms with Crippen LogP contribution in [0.4, 0.5) is 10.5 Å². The first-order chi connectivity index (χ1) is 37.8. The molecule has 3 aliphatic rings. The van der Waals surface area contributed by atoms with E-state index in [-0.39, 0.29) is 43.4 Å². The van der Waals surface area contributed by atoms with Crippen LogP contribution in [0.5, 0.6) is 5.75 Å². The van der Waals surface area contributed by atoms with Crippen LogP contribution < -0.4 is 36.3 Å². The van der Waals surface area contributed by atoms with Gasteiger partial charge in [-0.3, -0.25) is 34.7 Å². The van der Waals surface area contributed by atoms with Gasteiger partial charge >= 0.3 is 12.1 Å². The lowest BCUT2D eigenvalue weighted by Gasteiger charge is -2.42. The number of anilines is 1. The molecule has 6 amide bonds. The molecule has 2 fully saturated rings. The highest BCUT2D eigenvalue weighted by Gasteiger charge is 2.64. The number of aliphatic hydroxyl groups is 3. The number of allylic oxidation sites excluding steroid dienone is 3. The molecule has 1 aromatic heterocycles. The van der Waals surface area contributed by atoms with Crippen molar-refractivity contribution in [3.63, 3.8) is 0 Å². The largest absolute Gasteiger partial charge is 0.495 e. The Bertz CT molecular complexity index is 2830. The van der Waals surface area contributed by atoms with Crippen LogP contribution in [0.3, 0.4) is 0 Å². The molecule has 0 spiro atoms. The van der Waals surface area contributed by atoms with Crippen molar-refractivity contribution in [2.75, 3.05) is 66.9 Å². The summed E-state index contributed by atoms with van der Waals surface area (Å²) in [6, 6.07) is 12.1. The molecule has 24 nitrogen and oxygen atoms in total. The summed E-state index contributed by atoms with van der Waals surface area (Å²) in [6.07, 6.45) is -4.67. The van der Waals surface area contributed by atoms with Crippen LogP contribution in [-0.4, -0.2) is 187 Å². The molecule has 10 atom stereocenters. The number of para-hydroxylation sites is 1. The maximum Gasteiger partial charge on any atom is 0.409 e. The fraction of sp³-hybridized carbons (Fsp3) is 0.545. The van der Waals surface area contributed by atoms with Gasteiger partial charge in [0.25, 0.3) is 11.8 Å². The number of hydrogen-bond acceptors (Lipinski definition) is 17. The molecule has 25 heteroatoms. The number of aryl methyl sites for hydroxylation is 1. The lowest BCUT2D eigenvalue weighted by Crippen LogP contribution is -2.63. The van der Waals surface area contributed by atoms with Crippen molar-refractivity contribution in [2.24, 2.45) is 5.92 Å². The minimum atomic E-state index is -2.22. The third-order valence-electron chi connectivity index (χ3n) is 15.0. The number of aromatic nitrogens is 1. The summed E-state index contributed by atoms with van der Waals surface area (Å²) in [4.78, 5) is 95.5. The molecule has 0 aliphatic carbocycles. The van der Waals surface area contributed by atoms with Crippen LogP contribution in [0, 0.1) is 5.92 Å². The average Bonchev–Trinajstić information content (AvgIpc) is 4.18. The number of benzene rings is 2. The Morgan fingerprint density at radius 3 is 2.34 bits per heavy atom. The van der Waals surface area contributed by atoms with E-state index < -0.39 is 108 Å². The number of aliphatic hydroxyl groups excluding tert-OH is 2. The zero-order valence-corrected chi connectivity index (χ0v) is 47.6. The second kappa shape index (κ2) is 27.2. The number of epoxide rings is 1. The number of ether oxygens (including phenoxy) is 5. The third-order valence-corrected chi connectivity index (χ3v) is 15.4. The summed E-state index contributed by atoms with van der Waals surface area (Å²) in [5.74, 6) is -4.97. The molecule has 8 N–H and O–H groups in total. The van der Waals surface area contributed by atoms with E-state index >= 15 is 0 Å². The number of carbonyl (C=O) groups is 7. The molecule has 10 unspecified atom stereocenters. The maximum atomic E-state index is 14.4. The van der Waals surface area contributed by atoms with Crippen molar-refractivity contribution < 1.29 is 72.6 Å². The lowest BCUT2D eigenvalue weighted by molar-refractivity contribution is -0.162. The van der Waals surface area contributed by atoms with Gasteiger partial charge in [0.1, 0.15) is 40.7 Å². The Hall–Kier alpha value is -6.64. The highest BCUT2D eigenvalue weighted by molar-refractivity contribution is 6.35. The van der Waals surface area contributed by atoms with Crippen LogP contribution in [-0.2, 0) is 67.2 Å². The van der Waals surface area contributed by atoms with Gasteiger partial charge in [0.05, 0.1) is 31.9 Å². The summed E-state index contributed by atoms with van der Waals surface area (Å²) in [5.41, 5.74) is 3.71. The molecule has 3 aromatic rings. The number of nitrogens with zero attached hydrogens (tertiary/aromatic N) is 4. The van der Waals surface area contributed by atoms with Gasteiger partial charge in [-0.05, 0) is 69.5 Å². The first kappa shape index (κ1) is 62.6. The van der Waals surface area contributed by atoms with E-state index in [0.29, 0.717) is 30.9 Å². The van der Waals surface area contributed by atoms with E-state index in [1.165, 1.54) is 40.1 Å². The summed E-state index contributed by atoms with van der Waals surface area (Å²) in [5, 5.41) is 45.8. The van der Waals surface area contributed by atoms with Crippen LogP contribution in [0.1, 0.15) is 64.6 Å². The molecule has 0 radical (unpaired) electrons. The number of carbonyl (C=O) groups excluding carboxylic acids is 7. The molecule has 2 saturated heterocycles. The van der Waals surface area contributed by atoms with E-state index in [0.717, 1.165) is 32.6 Å². The van der Waals surface area contributed by atoms with Gasteiger partial charge in [0.2, 0.25) is 17.7 Å². The number of hydrazine groups is 1. The summed E-state index contributed by atoms with van der Waals surface area (Å²) < 4.78 is 31.3. The Morgan fingerprint density at radius 2 is 1.66 bits per heavy atom. The van der Waals surface area contributed by atoms with Gasteiger partial charge in [-0.25, -0.2) is 14.6 Å². The van der Waals surface area contributed by atoms with Crippen LogP contribution in [0.25, 0.3) is 10.9 Å². The van der Waals surface area contributed by atoms with Crippen molar-refractivity contribution in [1.29, 1.82) is 0 Å². The van der Waals surface area contributed by atoms with Crippen molar-refractivity contribution in [3.05, 3.63) is 82.5 Å². The molecule has 4 bridgehead atoms. The highest BCUT2D eigenvalue weighted by atomic mass is 35.5. The van der Waals surface area contributed by atoms with Gasteiger partial charge < -0.3 is 69.3 Å². The smallest absolute Gasteiger partial charge is 0.409 e. The molecule has 0 saturated carbocycles. The van der Waals surface area contributed by atoms with Crippen LogP contribution in [0.2, 0.25) is 5.02 Å². The van der Waals surface area contributed by atoms with Gasteiger partial charge in [0.15, 0.2) is 17.9 Å². The zero-order chi connectivity index (χ0) is 58.8. The Labute approximate surface area is 470 Å². The van der Waals surface area contributed by atoms with Gasteiger partial charge in [0, 0.05) is 90.8 Å². The van der Waals surface area contributed by atoms with Crippen molar-refractivity contribution in [1.82, 2.24) is 41.2 Å². The fourth-order valence-corrected chi connectivity index (χ4v) is 10.2. The van der Waals surface area contributed by atoms with Crippen LogP contribution in [0.15, 0.2) is 66.3 Å². The van der Waals surface area contributed by atoms with E-state index in [9.17, 15) is 48.9 Å². The number of esters is 1. The van der Waals surface area contributed by atoms with E-state index in [4.69, 9.17) is 35.3 Å². The monoisotopic (exact) mass is 1140 g/mol. The molecule has 2 aromatic carbocycles. The number of nitrogens with one attached hydrogen (secondary N) is 5. The number of fused-ring (bicyclic) bond motifs is 6. The maximum absolute atomic E-state index is 14.4. The summed E-state index contributed by atoms with van der Waals surface area (Å²) in [7, 11) is 9.40. The predicted molar refractivity (Wildman–Crippen MR) is 294 cm³/mol. The topological polar surface area (TPSA) is 304 Å². The van der Waals surface area contributed by atoms with Crippen molar-refractivity contribution >= 4 is 69.8 Å². The molecule has 6 rings (SSSR count). The van der Waals surface area contributed by atoms with E-state index in [2.05, 4.69) is 37.3 Å². The fourth-order valence-electron chi connectivity index (χ4n) is 9.86. The number of hydrogen-bond donors (Lipinski definition) is 8. The van der Waals surface area contributed by atoms with E-state index in [1.807, 2.05) is 56.4 Å². The summed E-state index contributed by atoms with van der Waals surface area (Å²) >= 11 is 6.80. The molecular weight excluding hydrogens is 1060 g/mol. The SMILES string of the molecule is CNN(C)Cc1cc2ccccc2n1CCC(=O)NCCNC(=O)C(O)C(O)C(=O)NCCC(=O)N(C)C(C)C(=O)OC1CC(=O)N(C)c2cc(cc(OC)c2Cl)CC(C)=CC=CC(OC)C2(O)CC(OC(=O)N2)C(C)C2OC12C.